The van der Waals surface area contributed by atoms with Crippen molar-refractivity contribution in [2.75, 3.05) is 13.8 Å². The first-order chi connectivity index (χ1) is 20.8. The Morgan fingerprint density at radius 2 is 1.79 bits per heavy atom. The van der Waals surface area contributed by atoms with Crippen molar-refractivity contribution >= 4 is 24.2 Å². The molecule has 230 valence electrons. The van der Waals surface area contributed by atoms with Gasteiger partial charge in [0.1, 0.15) is 18.1 Å². The first-order valence-electron chi connectivity index (χ1n) is 14.3. The van der Waals surface area contributed by atoms with Gasteiger partial charge in [0, 0.05) is 5.56 Å². The van der Waals surface area contributed by atoms with Crippen LogP contribution in [0.25, 0.3) is 11.3 Å². The number of unbranched alkanes of at least 4 members (excludes halogenated alkanes) is 2. The highest BCUT2D eigenvalue weighted by atomic mass is 16.7. The van der Waals surface area contributed by atoms with Gasteiger partial charge in [-0.25, -0.2) is 9.86 Å². The molecule has 1 aromatic heterocycles. The van der Waals surface area contributed by atoms with Gasteiger partial charge in [-0.05, 0) is 48.7 Å². The Labute approximate surface area is 251 Å². The van der Waals surface area contributed by atoms with E-state index in [0.717, 1.165) is 24.8 Å². The molecule has 3 rings (SSSR count). The van der Waals surface area contributed by atoms with Gasteiger partial charge in [0.15, 0.2) is 5.76 Å². The molecule has 3 amide bonds. The number of nitrogens with one attached hydrogen (secondary N) is 2. The van der Waals surface area contributed by atoms with E-state index in [-0.39, 0.29) is 42.0 Å². The highest BCUT2D eigenvalue weighted by Gasteiger charge is 2.32. The summed E-state index contributed by atoms with van der Waals surface area (Å²) in [6.07, 6.45) is 4.35. The number of hydrogen-bond donors (Lipinski definition) is 3. The minimum absolute atomic E-state index is 0.0282. The summed E-state index contributed by atoms with van der Waals surface area (Å²) >= 11 is 0. The molecule has 11 nitrogen and oxygen atoms in total. The van der Waals surface area contributed by atoms with Gasteiger partial charge in [0.25, 0.3) is 5.91 Å². The zero-order valence-corrected chi connectivity index (χ0v) is 24.7. The Morgan fingerprint density at radius 3 is 2.47 bits per heavy atom. The highest BCUT2D eigenvalue weighted by molar-refractivity contribution is 5.93. The SMILES string of the molecule is CCCCC[C@@H](C(=O)NCNC(=O)c1ccc(-c2cc(O)cc(C(=O)OC)c2)o1)[C@@H](CC)N(C=O)OCc1ccccc1. The summed E-state index contributed by atoms with van der Waals surface area (Å²) in [5, 5.41) is 16.6. The smallest absolute Gasteiger partial charge is 0.338 e. The average molecular weight is 594 g/mol. The third kappa shape index (κ3) is 9.44. The number of ether oxygens (including phenoxy) is 1. The molecule has 2 aromatic carbocycles. The van der Waals surface area contributed by atoms with E-state index in [4.69, 9.17) is 14.0 Å². The molecule has 0 bridgehead atoms. The van der Waals surface area contributed by atoms with E-state index in [2.05, 4.69) is 17.6 Å². The summed E-state index contributed by atoms with van der Waals surface area (Å²) in [5.74, 6) is -2.01. The normalized spacial score (nSPS) is 12.2. The Balaban J connectivity index is 1.63. The first kappa shape index (κ1) is 32.9. The van der Waals surface area contributed by atoms with Gasteiger partial charge >= 0.3 is 5.97 Å². The third-order valence-electron chi connectivity index (χ3n) is 6.96. The number of phenols is 1. The fraction of sp³-hybridized carbons (Fsp3) is 0.375. The Morgan fingerprint density at radius 1 is 1.02 bits per heavy atom. The van der Waals surface area contributed by atoms with E-state index in [1.165, 1.54) is 42.5 Å². The minimum atomic E-state index is -0.630. The third-order valence-corrected chi connectivity index (χ3v) is 6.96. The number of carbonyl (C=O) groups is 4. The lowest BCUT2D eigenvalue weighted by Gasteiger charge is -2.32. The van der Waals surface area contributed by atoms with Crippen molar-refractivity contribution in [1.82, 2.24) is 15.7 Å². The number of phenolic OH excluding ortho intramolecular Hbond substituents is 1. The zero-order chi connectivity index (χ0) is 31.2. The monoisotopic (exact) mass is 593 g/mol. The van der Waals surface area contributed by atoms with Crippen molar-refractivity contribution in [3.63, 3.8) is 0 Å². The molecule has 0 spiro atoms. The molecule has 0 fully saturated rings. The lowest BCUT2D eigenvalue weighted by molar-refractivity contribution is -0.200. The number of esters is 1. The van der Waals surface area contributed by atoms with Gasteiger partial charge < -0.3 is 24.9 Å². The summed E-state index contributed by atoms with van der Waals surface area (Å²) < 4.78 is 10.3. The zero-order valence-electron chi connectivity index (χ0n) is 24.7. The number of carbonyl (C=O) groups excluding carboxylic acids is 4. The predicted molar refractivity (Wildman–Crippen MR) is 158 cm³/mol. The first-order valence-corrected chi connectivity index (χ1v) is 14.3. The van der Waals surface area contributed by atoms with E-state index >= 15 is 0 Å². The molecule has 3 aromatic rings. The van der Waals surface area contributed by atoms with Crippen molar-refractivity contribution in [2.45, 2.75) is 58.6 Å². The number of hydrogen-bond acceptors (Lipinski definition) is 8. The molecule has 0 radical (unpaired) electrons. The number of amides is 3. The van der Waals surface area contributed by atoms with Crippen LogP contribution in [0, 0.1) is 5.92 Å². The van der Waals surface area contributed by atoms with Crippen LogP contribution in [0.3, 0.4) is 0 Å². The van der Waals surface area contributed by atoms with Gasteiger partial charge in [-0.2, -0.15) is 0 Å². The topological polar surface area (TPSA) is 147 Å². The summed E-state index contributed by atoms with van der Waals surface area (Å²) in [6, 6.07) is 16.0. The van der Waals surface area contributed by atoms with Gasteiger partial charge in [-0.3, -0.25) is 19.2 Å². The largest absolute Gasteiger partial charge is 0.508 e. The maximum atomic E-state index is 13.3. The molecule has 0 aliphatic rings. The molecular weight excluding hydrogens is 554 g/mol. The molecule has 2 atom stereocenters. The molecule has 3 N–H and O–H groups in total. The van der Waals surface area contributed by atoms with Crippen LogP contribution in [0.5, 0.6) is 5.75 Å². The summed E-state index contributed by atoms with van der Waals surface area (Å²) in [6.45, 7) is 3.98. The van der Waals surface area contributed by atoms with Crippen LogP contribution in [0.4, 0.5) is 0 Å². The Hall–Kier alpha value is -4.64. The van der Waals surface area contributed by atoms with Crippen molar-refractivity contribution in [3.8, 4) is 17.1 Å². The van der Waals surface area contributed by atoms with Crippen LogP contribution >= 0.6 is 0 Å². The fourth-order valence-electron chi connectivity index (χ4n) is 4.72. The molecule has 0 unspecified atom stereocenters. The van der Waals surface area contributed by atoms with Crippen molar-refractivity contribution in [2.24, 2.45) is 5.92 Å². The molecule has 0 saturated carbocycles. The van der Waals surface area contributed by atoms with Crippen LogP contribution in [0.2, 0.25) is 0 Å². The number of rotatable bonds is 17. The number of hydroxylamine groups is 2. The van der Waals surface area contributed by atoms with Crippen LogP contribution in [-0.2, 0) is 25.8 Å². The van der Waals surface area contributed by atoms with Crippen LogP contribution in [0.1, 0.15) is 72.4 Å². The molecular formula is C32H39N3O8. The summed E-state index contributed by atoms with van der Waals surface area (Å²) in [4.78, 5) is 55.8. The quantitative estimate of drug-likeness (QED) is 0.0664. The second-order valence-corrected chi connectivity index (χ2v) is 9.95. The molecule has 11 heteroatoms. The molecule has 0 saturated heterocycles. The molecule has 0 aliphatic carbocycles. The summed E-state index contributed by atoms with van der Waals surface area (Å²) in [5.41, 5.74) is 1.40. The second kappa shape index (κ2) is 16.7. The van der Waals surface area contributed by atoms with E-state index < -0.39 is 23.8 Å². The van der Waals surface area contributed by atoms with Crippen molar-refractivity contribution in [3.05, 3.63) is 77.6 Å². The minimum Gasteiger partial charge on any atom is -0.508 e. The van der Waals surface area contributed by atoms with Crippen LogP contribution in [-0.4, -0.2) is 54.2 Å². The van der Waals surface area contributed by atoms with Gasteiger partial charge in [0.2, 0.25) is 12.3 Å². The Kier molecular flexibility index (Phi) is 12.8. The predicted octanol–water partition coefficient (Wildman–Crippen LogP) is 4.81. The van der Waals surface area contributed by atoms with Crippen molar-refractivity contribution < 1.29 is 38.3 Å². The Bertz CT molecular complexity index is 1360. The number of benzene rings is 2. The molecule has 1 heterocycles. The number of methoxy groups -OCH3 is 1. The maximum Gasteiger partial charge on any atom is 0.338 e. The van der Waals surface area contributed by atoms with Crippen LogP contribution < -0.4 is 10.6 Å². The standard InChI is InChI=1S/C32H39N3O8/c1-4-6-8-13-26(27(5-2)35(21-36)42-19-22-11-9-7-10-12-22)30(38)33-20-34-31(39)29-15-14-28(43-29)23-16-24(32(40)41-3)18-25(37)17-23/h7,9-12,14-18,21,26-27,37H,4-6,8,13,19-20H2,1-3H3,(H,33,38)(H,34,39)/t26-,27-/m1/s1. The van der Waals surface area contributed by atoms with E-state index in [1.807, 2.05) is 37.3 Å². The summed E-state index contributed by atoms with van der Waals surface area (Å²) in [7, 11) is 1.23. The molecule has 0 aliphatic heterocycles. The van der Waals surface area contributed by atoms with Gasteiger partial charge in [0.05, 0.1) is 31.3 Å². The van der Waals surface area contributed by atoms with Gasteiger partial charge in [-0.15, -0.1) is 0 Å². The fourth-order valence-corrected chi connectivity index (χ4v) is 4.72. The number of furan rings is 1. The lowest BCUT2D eigenvalue weighted by Crippen LogP contribution is -2.48. The lowest BCUT2D eigenvalue weighted by atomic mass is 9.90. The van der Waals surface area contributed by atoms with E-state index in [9.17, 15) is 24.3 Å². The second-order valence-electron chi connectivity index (χ2n) is 9.95. The number of nitrogens with zero attached hydrogens (tertiary/aromatic N) is 1. The highest BCUT2D eigenvalue weighted by Crippen LogP contribution is 2.28. The van der Waals surface area contributed by atoms with E-state index in [1.54, 1.807) is 0 Å². The van der Waals surface area contributed by atoms with E-state index in [0.29, 0.717) is 24.8 Å². The van der Waals surface area contributed by atoms with Crippen LogP contribution in [0.15, 0.2) is 65.1 Å². The van der Waals surface area contributed by atoms with Crippen molar-refractivity contribution in [1.29, 1.82) is 0 Å². The molecule has 43 heavy (non-hydrogen) atoms. The average Bonchev–Trinajstić information content (AvgIpc) is 3.52. The number of aromatic hydroxyl groups is 1. The van der Waals surface area contributed by atoms with Gasteiger partial charge in [-0.1, -0.05) is 63.4 Å². The maximum absolute atomic E-state index is 13.3.